The topological polar surface area (TPSA) is 73.1 Å². The standard InChI is InChI=1S/C9H16N2O2/c1-4-9(3,6-10)8(13)11-5-7(2)12/h7,12H,4-5H2,1-3H3,(H,11,13)/t7-,9?/m1/s1. The van der Waals surface area contributed by atoms with Crippen LogP contribution in [0.3, 0.4) is 0 Å². The third-order valence-corrected chi connectivity index (χ3v) is 2.01. The number of aliphatic hydroxyl groups excluding tert-OH is 1. The zero-order valence-corrected chi connectivity index (χ0v) is 8.29. The van der Waals surface area contributed by atoms with Crippen LogP contribution in [0.5, 0.6) is 0 Å². The maximum absolute atomic E-state index is 11.4. The monoisotopic (exact) mass is 184 g/mol. The van der Waals surface area contributed by atoms with Gasteiger partial charge in [0.1, 0.15) is 5.41 Å². The van der Waals surface area contributed by atoms with Gasteiger partial charge in [0.15, 0.2) is 0 Å². The van der Waals surface area contributed by atoms with Crippen molar-refractivity contribution in [2.75, 3.05) is 6.54 Å². The van der Waals surface area contributed by atoms with E-state index in [9.17, 15) is 4.79 Å². The van der Waals surface area contributed by atoms with Gasteiger partial charge in [0.2, 0.25) is 5.91 Å². The van der Waals surface area contributed by atoms with Crippen LogP contribution in [-0.2, 0) is 4.79 Å². The van der Waals surface area contributed by atoms with Crippen LogP contribution in [0, 0.1) is 16.7 Å². The van der Waals surface area contributed by atoms with Gasteiger partial charge in [-0.1, -0.05) is 6.92 Å². The van der Waals surface area contributed by atoms with Crippen LogP contribution in [0.4, 0.5) is 0 Å². The van der Waals surface area contributed by atoms with Crippen molar-refractivity contribution in [3.8, 4) is 6.07 Å². The van der Waals surface area contributed by atoms with Crippen molar-refractivity contribution in [1.29, 1.82) is 5.26 Å². The lowest BCUT2D eigenvalue weighted by atomic mass is 9.88. The van der Waals surface area contributed by atoms with Gasteiger partial charge in [0, 0.05) is 6.54 Å². The van der Waals surface area contributed by atoms with E-state index in [0.717, 1.165) is 0 Å². The second-order valence-electron chi connectivity index (χ2n) is 3.36. The molecule has 0 aliphatic rings. The van der Waals surface area contributed by atoms with Crippen LogP contribution >= 0.6 is 0 Å². The molecule has 0 aromatic heterocycles. The zero-order chi connectivity index (χ0) is 10.5. The fraction of sp³-hybridized carbons (Fsp3) is 0.778. The summed E-state index contributed by atoms with van der Waals surface area (Å²) in [5, 5.41) is 20.2. The molecule has 0 aliphatic heterocycles. The lowest BCUT2D eigenvalue weighted by Crippen LogP contribution is -2.40. The van der Waals surface area contributed by atoms with Gasteiger partial charge in [-0.05, 0) is 20.3 Å². The van der Waals surface area contributed by atoms with Crippen LogP contribution in [0.1, 0.15) is 27.2 Å². The average molecular weight is 184 g/mol. The minimum absolute atomic E-state index is 0.191. The van der Waals surface area contributed by atoms with Crippen molar-refractivity contribution < 1.29 is 9.90 Å². The highest BCUT2D eigenvalue weighted by atomic mass is 16.3. The van der Waals surface area contributed by atoms with Crippen molar-refractivity contribution in [3.05, 3.63) is 0 Å². The van der Waals surface area contributed by atoms with Crippen molar-refractivity contribution in [1.82, 2.24) is 5.32 Å². The maximum atomic E-state index is 11.4. The van der Waals surface area contributed by atoms with E-state index in [1.165, 1.54) is 0 Å². The third kappa shape index (κ3) is 3.43. The largest absolute Gasteiger partial charge is 0.392 e. The molecule has 4 nitrogen and oxygen atoms in total. The van der Waals surface area contributed by atoms with Gasteiger partial charge in [-0.3, -0.25) is 4.79 Å². The highest BCUT2D eigenvalue weighted by Crippen LogP contribution is 2.19. The Morgan fingerprint density at radius 3 is 2.62 bits per heavy atom. The minimum atomic E-state index is -0.977. The summed E-state index contributed by atoms with van der Waals surface area (Å²) >= 11 is 0. The summed E-state index contributed by atoms with van der Waals surface area (Å²) in [7, 11) is 0. The molecule has 0 radical (unpaired) electrons. The quantitative estimate of drug-likeness (QED) is 0.665. The second-order valence-corrected chi connectivity index (χ2v) is 3.36. The second kappa shape index (κ2) is 4.83. The molecule has 2 N–H and O–H groups in total. The number of nitriles is 1. The van der Waals surface area contributed by atoms with Crippen LogP contribution in [0.25, 0.3) is 0 Å². The Kier molecular flexibility index (Phi) is 4.43. The predicted molar refractivity (Wildman–Crippen MR) is 48.7 cm³/mol. The number of rotatable bonds is 4. The van der Waals surface area contributed by atoms with Crippen LogP contribution in [-0.4, -0.2) is 23.7 Å². The number of aliphatic hydroxyl groups is 1. The molecular weight excluding hydrogens is 168 g/mol. The van der Waals surface area contributed by atoms with Gasteiger partial charge in [0.05, 0.1) is 12.2 Å². The fourth-order valence-electron chi connectivity index (χ4n) is 0.726. The summed E-state index contributed by atoms with van der Waals surface area (Å²) in [6, 6.07) is 1.96. The molecule has 0 aromatic rings. The van der Waals surface area contributed by atoms with Crippen molar-refractivity contribution >= 4 is 5.91 Å². The third-order valence-electron chi connectivity index (χ3n) is 2.01. The molecular formula is C9H16N2O2. The molecule has 0 fully saturated rings. The first-order valence-corrected chi connectivity index (χ1v) is 4.34. The Bertz CT molecular complexity index is 220. The molecule has 0 saturated carbocycles. The summed E-state index contributed by atoms with van der Waals surface area (Å²) < 4.78 is 0. The molecule has 1 amide bonds. The number of nitrogens with zero attached hydrogens (tertiary/aromatic N) is 1. The van der Waals surface area contributed by atoms with Crippen molar-refractivity contribution in [2.24, 2.45) is 5.41 Å². The Labute approximate surface area is 78.6 Å². The summed E-state index contributed by atoms with van der Waals surface area (Å²) in [4.78, 5) is 11.4. The number of hydrogen-bond donors (Lipinski definition) is 2. The van der Waals surface area contributed by atoms with E-state index >= 15 is 0 Å². The number of nitrogens with one attached hydrogen (secondary N) is 1. The maximum Gasteiger partial charge on any atom is 0.240 e. The van der Waals surface area contributed by atoms with Crippen LogP contribution < -0.4 is 5.32 Å². The fourth-order valence-corrected chi connectivity index (χ4v) is 0.726. The molecule has 13 heavy (non-hydrogen) atoms. The van der Waals surface area contributed by atoms with E-state index in [2.05, 4.69) is 5.32 Å². The molecule has 0 saturated heterocycles. The van der Waals surface area contributed by atoms with Crippen molar-refractivity contribution in [3.63, 3.8) is 0 Å². The normalized spacial score (nSPS) is 16.8. The van der Waals surface area contributed by atoms with Gasteiger partial charge in [0.25, 0.3) is 0 Å². The first kappa shape index (κ1) is 11.9. The van der Waals surface area contributed by atoms with Crippen molar-refractivity contribution in [2.45, 2.75) is 33.3 Å². The van der Waals surface area contributed by atoms with E-state index in [1.807, 2.05) is 6.07 Å². The molecule has 2 atom stereocenters. The Morgan fingerprint density at radius 1 is 1.77 bits per heavy atom. The summed E-state index contributed by atoms with van der Waals surface area (Å²) in [5.41, 5.74) is -0.977. The smallest absolute Gasteiger partial charge is 0.240 e. The average Bonchev–Trinajstić information content (AvgIpc) is 2.12. The number of amides is 1. The van der Waals surface area contributed by atoms with Gasteiger partial charge < -0.3 is 10.4 Å². The van der Waals surface area contributed by atoms with Crippen LogP contribution in [0.2, 0.25) is 0 Å². The highest BCUT2D eigenvalue weighted by Gasteiger charge is 2.30. The van der Waals surface area contributed by atoms with Gasteiger partial charge in [-0.15, -0.1) is 0 Å². The molecule has 4 heteroatoms. The van der Waals surface area contributed by atoms with Gasteiger partial charge in [-0.25, -0.2) is 0 Å². The highest BCUT2D eigenvalue weighted by molar-refractivity contribution is 5.84. The summed E-state index contributed by atoms with van der Waals surface area (Å²) in [6.07, 6.45) is -0.112. The van der Waals surface area contributed by atoms with E-state index in [4.69, 9.17) is 10.4 Å². The number of hydrogen-bond acceptors (Lipinski definition) is 3. The lowest BCUT2D eigenvalue weighted by molar-refractivity contribution is -0.128. The Balaban J connectivity index is 4.18. The first-order chi connectivity index (χ1) is 5.96. The number of carbonyl (C=O) groups is 1. The number of carbonyl (C=O) groups excluding carboxylic acids is 1. The molecule has 0 aliphatic carbocycles. The Hall–Kier alpha value is -1.08. The molecule has 0 rings (SSSR count). The predicted octanol–water partition coefficient (Wildman–Crippen LogP) is 0.423. The van der Waals surface area contributed by atoms with E-state index < -0.39 is 11.5 Å². The molecule has 74 valence electrons. The lowest BCUT2D eigenvalue weighted by Gasteiger charge is -2.18. The van der Waals surface area contributed by atoms with Crippen LogP contribution in [0.15, 0.2) is 0 Å². The molecule has 0 aromatic carbocycles. The molecule has 0 bridgehead atoms. The van der Waals surface area contributed by atoms with Gasteiger partial charge in [-0.2, -0.15) is 5.26 Å². The van der Waals surface area contributed by atoms with E-state index in [-0.39, 0.29) is 12.5 Å². The first-order valence-electron chi connectivity index (χ1n) is 4.34. The molecule has 0 heterocycles. The zero-order valence-electron chi connectivity index (χ0n) is 8.29. The molecule has 1 unspecified atom stereocenters. The summed E-state index contributed by atoms with van der Waals surface area (Å²) in [5.74, 6) is -0.321. The molecule has 0 spiro atoms. The Morgan fingerprint density at radius 2 is 2.31 bits per heavy atom. The summed E-state index contributed by atoms with van der Waals surface area (Å²) in [6.45, 7) is 5.14. The minimum Gasteiger partial charge on any atom is -0.392 e. The van der Waals surface area contributed by atoms with Gasteiger partial charge >= 0.3 is 0 Å². The SMILES string of the molecule is CCC(C)(C#N)C(=O)NC[C@@H](C)O. The van der Waals surface area contributed by atoms with E-state index in [0.29, 0.717) is 6.42 Å². The van der Waals surface area contributed by atoms with E-state index in [1.54, 1.807) is 20.8 Å².